The SMILES string of the molecule is C#CCCC(NC(=O)C1CCCN1C(=O)C(NC(=O)NC)C1Cc2ccccc2C1)C(=O)C=O. The van der Waals surface area contributed by atoms with E-state index < -0.39 is 35.8 Å². The van der Waals surface area contributed by atoms with E-state index in [9.17, 15) is 24.0 Å². The molecule has 180 valence electrons. The fourth-order valence-electron chi connectivity index (χ4n) is 4.77. The number of rotatable bonds is 9. The van der Waals surface area contributed by atoms with Crippen molar-refractivity contribution in [1.29, 1.82) is 0 Å². The molecule has 1 saturated heterocycles. The molecule has 2 aliphatic rings. The Morgan fingerprint density at radius 1 is 1.18 bits per heavy atom. The van der Waals surface area contributed by atoms with Crippen molar-refractivity contribution in [2.75, 3.05) is 13.6 Å². The van der Waals surface area contributed by atoms with Crippen LogP contribution in [0.4, 0.5) is 4.79 Å². The number of terminal acetylenes is 1. The van der Waals surface area contributed by atoms with Gasteiger partial charge in [0.15, 0.2) is 6.29 Å². The van der Waals surface area contributed by atoms with Crippen molar-refractivity contribution in [3.8, 4) is 12.3 Å². The van der Waals surface area contributed by atoms with Gasteiger partial charge in [0.2, 0.25) is 17.6 Å². The Morgan fingerprint density at radius 2 is 1.85 bits per heavy atom. The molecule has 3 rings (SSSR count). The molecule has 4 amide bonds. The summed E-state index contributed by atoms with van der Waals surface area (Å²) in [4.78, 5) is 63.3. The van der Waals surface area contributed by atoms with Gasteiger partial charge in [-0.25, -0.2) is 4.79 Å². The Kier molecular flexibility index (Phi) is 8.41. The minimum atomic E-state index is -1.03. The molecule has 1 aliphatic heterocycles. The summed E-state index contributed by atoms with van der Waals surface area (Å²) in [5.74, 6) is 0.650. The number of hydrogen-bond acceptors (Lipinski definition) is 5. The quantitative estimate of drug-likeness (QED) is 0.275. The van der Waals surface area contributed by atoms with Gasteiger partial charge in [-0.05, 0) is 49.1 Å². The average Bonchev–Trinajstić information content (AvgIpc) is 3.51. The number of aldehydes is 1. The molecule has 34 heavy (non-hydrogen) atoms. The fourth-order valence-corrected chi connectivity index (χ4v) is 4.77. The van der Waals surface area contributed by atoms with E-state index in [4.69, 9.17) is 6.42 Å². The van der Waals surface area contributed by atoms with Crippen LogP contribution in [0.2, 0.25) is 0 Å². The smallest absolute Gasteiger partial charge is 0.315 e. The van der Waals surface area contributed by atoms with Crippen LogP contribution in [0.1, 0.15) is 36.8 Å². The molecule has 0 radical (unpaired) electrons. The molecular weight excluding hydrogens is 436 g/mol. The van der Waals surface area contributed by atoms with Gasteiger partial charge < -0.3 is 20.9 Å². The summed E-state index contributed by atoms with van der Waals surface area (Å²) < 4.78 is 0. The Balaban J connectivity index is 1.76. The van der Waals surface area contributed by atoms with Crippen LogP contribution in [0.5, 0.6) is 0 Å². The number of carbonyl (C=O) groups is 5. The summed E-state index contributed by atoms with van der Waals surface area (Å²) in [7, 11) is 1.48. The maximum atomic E-state index is 13.7. The van der Waals surface area contributed by atoms with Gasteiger partial charge in [0.1, 0.15) is 12.1 Å². The van der Waals surface area contributed by atoms with Crippen molar-refractivity contribution in [3.05, 3.63) is 35.4 Å². The minimum Gasteiger partial charge on any atom is -0.344 e. The summed E-state index contributed by atoms with van der Waals surface area (Å²) in [6.45, 7) is 0.360. The first-order valence-corrected chi connectivity index (χ1v) is 11.5. The zero-order chi connectivity index (χ0) is 24.7. The molecule has 3 atom stereocenters. The zero-order valence-corrected chi connectivity index (χ0v) is 19.2. The first kappa shape index (κ1) is 25.0. The highest BCUT2D eigenvalue weighted by molar-refractivity contribution is 6.28. The molecular formula is C25H30N4O5. The van der Waals surface area contributed by atoms with Crippen molar-refractivity contribution in [1.82, 2.24) is 20.9 Å². The van der Waals surface area contributed by atoms with Crippen LogP contribution in [-0.4, -0.2) is 66.5 Å². The monoisotopic (exact) mass is 466 g/mol. The van der Waals surface area contributed by atoms with Crippen LogP contribution in [0, 0.1) is 18.3 Å². The second-order valence-electron chi connectivity index (χ2n) is 8.65. The normalized spacial score (nSPS) is 18.8. The van der Waals surface area contributed by atoms with Crippen molar-refractivity contribution >= 4 is 29.9 Å². The molecule has 1 aliphatic carbocycles. The molecule has 3 unspecified atom stereocenters. The highest BCUT2D eigenvalue weighted by Crippen LogP contribution is 2.31. The Labute approximate surface area is 199 Å². The summed E-state index contributed by atoms with van der Waals surface area (Å²) in [5, 5.41) is 7.87. The summed E-state index contributed by atoms with van der Waals surface area (Å²) in [5.41, 5.74) is 2.28. The molecule has 0 aromatic heterocycles. The summed E-state index contributed by atoms with van der Waals surface area (Å²) >= 11 is 0. The van der Waals surface area contributed by atoms with Gasteiger partial charge in [-0.1, -0.05) is 24.3 Å². The lowest BCUT2D eigenvalue weighted by Gasteiger charge is -2.32. The summed E-state index contributed by atoms with van der Waals surface area (Å²) in [6.07, 6.45) is 8.10. The number of nitrogens with one attached hydrogen (secondary N) is 3. The molecule has 1 aromatic rings. The van der Waals surface area contributed by atoms with E-state index in [1.807, 2.05) is 24.3 Å². The van der Waals surface area contributed by atoms with Gasteiger partial charge in [-0.2, -0.15) is 0 Å². The van der Waals surface area contributed by atoms with Crippen LogP contribution in [0.3, 0.4) is 0 Å². The third-order valence-corrected chi connectivity index (χ3v) is 6.53. The number of fused-ring (bicyclic) bond motifs is 1. The van der Waals surface area contributed by atoms with Gasteiger partial charge in [-0.3, -0.25) is 19.2 Å². The minimum absolute atomic E-state index is 0.141. The molecule has 3 N–H and O–H groups in total. The average molecular weight is 467 g/mol. The molecule has 0 bridgehead atoms. The molecule has 1 fully saturated rings. The van der Waals surface area contributed by atoms with E-state index in [-0.39, 0.29) is 31.0 Å². The molecule has 0 saturated carbocycles. The zero-order valence-electron chi connectivity index (χ0n) is 19.2. The Hall–Kier alpha value is -3.67. The van der Waals surface area contributed by atoms with E-state index in [1.54, 1.807) is 0 Å². The van der Waals surface area contributed by atoms with E-state index >= 15 is 0 Å². The molecule has 1 aromatic carbocycles. The number of hydrogen-bond donors (Lipinski definition) is 3. The fraction of sp³-hybridized carbons (Fsp3) is 0.480. The number of amides is 4. The maximum Gasteiger partial charge on any atom is 0.315 e. The van der Waals surface area contributed by atoms with Gasteiger partial charge >= 0.3 is 6.03 Å². The first-order chi connectivity index (χ1) is 16.4. The van der Waals surface area contributed by atoms with Gasteiger partial charge in [-0.15, -0.1) is 12.3 Å². The number of ketones is 1. The lowest BCUT2D eigenvalue weighted by molar-refractivity contribution is -0.141. The van der Waals surface area contributed by atoms with Crippen molar-refractivity contribution in [2.24, 2.45) is 5.92 Å². The van der Waals surface area contributed by atoms with Gasteiger partial charge in [0.05, 0.1) is 6.04 Å². The van der Waals surface area contributed by atoms with Crippen LogP contribution in [-0.2, 0) is 32.0 Å². The highest BCUT2D eigenvalue weighted by atomic mass is 16.2. The Morgan fingerprint density at radius 3 is 2.44 bits per heavy atom. The van der Waals surface area contributed by atoms with Crippen LogP contribution in [0.15, 0.2) is 24.3 Å². The van der Waals surface area contributed by atoms with Gasteiger partial charge in [0, 0.05) is 20.0 Å². The second-order valence-corrected chi connectivity index (χ2v) is 8.65. The van der Waals surface area contributed by atoms with Crippen molar-refractivity contribution in [2.45, 2.75) is 56.7 Å². The van der Waals surface area contributed by atoms with Crippen LogP contribution >= 0.6 is 0 Å². The van der Waals surface area contributed by atoms with Crippen LogP contribution < -0.4 is 16.0 Å². The lowest BCUT2D eigenvalue weighted by atomic mass is 9.95. The predicted octanol–water partition coefficient (Wildman–Crippen LogP) is 0.356. The topological polar surface area (TPSA) is 125 Å². The summed E-state index contributed by atoms with van der Waals surface area (Å²) in [6, 6.07) is 4.83. The van der Waals surface area contributed by atoms with Gasteiger partial charge in [0.25, 0.3) is 0 Å². The first-order valence-electron chi connectivity index (χ1n) is 11.5. The third kappa shape index (κ3) is 5.63. The second kappa shape index (κ2) is 11.5. The lowest BCUT2D eigenvalue weighted by Crippen LogP contribution is -2.58. The largest absolute Gasteiger partial charge is 0.344 e. The number of benzene rings is 1. The molecule has 9 nitrogen and oxygen atoms in total. The molecule has 9 heteroatoms. The maximum absolute atomic E-state index is 13.7. The van der Waals surface area contributed by atoms with Crippen LogP contribution in [0.25, 0.3) is 0 Å². The van der Waals surface area contributed by atoms with Crippen molar-refractivity contribution in [3.63, 3.8) is 0 Å². The van der Waals surface area contributed by atoms with E-state index in [0.29, 0.717) is 32.2 Å². The number of nitrogens with zero attached hydrogens (tertiary/aromatic N) is 1. The van der Waals surface area contributed by atoms with Crippen molar-refractivity contribution < 1.29 is 24.0 Å². The van der Waals surface area contributed by atoms with E-state index in [0.717, 1.165) is 11.1 Å². The molecule has 0 spiro atoms. The predicted molar refractivity (Wildman–Crippen MR) is 125 cm³/mol. The number of urea groups is 1. The van der Waals surface area contributed by atoms with E-state index in [2.05, 4.69) is 21.9 Å². The number of Topliss-reactive ketones (excluding diaryl/α,β-unsaturated/α-hetero) is 1. The van der Waals surface area contributed by atoms with E-state index in [1.165, 1.54) is 11.9 Å². The third-order valence-electron chi connectivity index (χ3n) is 6.53. The highest BCUT2D eigenvalue weighted by Gasteiger charge is 2.42. The number of carbonyl (C=O) groups excluding carboxylic acids is 5. The standard InChI is InChI=1S/C25H30N4O5/c1-3-4-10-19(21(31)15-30)27-23(32)20-11-7-12-29(20)24(33)22(28-25(34)26-2)18-13-16-8-5-6-9-17(16)14-18/h1,5-6,8-9,15,18-20,22H,4,7,10-14H2,2H3,(H,27,32)(H2,26,28,34). The Bertz CT molecular complexity index is 976. The molecule has 1 heterocycles. The number of likely N-dealkylation sites (tertiary alicyclic amines) is 1.